The van der Waals surface area contributed by atoms with E-state index in [-0.39, 0.29) is 42.1 Å². The number of anilines is 2. The average molecular weight is 683 g/mol. The third kappa shape index (κ3) is 5.72. The Bertz CT molecular complexity index is 2520. The Morgan fingerprint density at radius 3 is 2.69 bits per heavy atom. The molecule has 1 unspecified atom stereocenters. The number of carbonyl (C=O) groups is 3. The summed E-state index contributed by atoms with van der Waals surface area (Å²) in [7, 11) is 3.51. The van der Waals surface area contributed by atoms with Gasteiger partial charge in [-0.3, -0.25) is 33.8 Å². The number of nitrogens with one attached hydrogen (secondary N) is 2. The Morgan fingerprint density at radius 1 is 1.00 bits per heavy atom. The molecule has 15 heteroatoms. The summed E-state index contributed by atoms with van der Waals surface area (Å²) in [6, 6.07) is 12.8. The molecule has 0 aliphatic carbocycles. The van der Waals surface area contributed by atoms with Crippen LogP contribution in [0.3, 0.4) is 0 Å². The Balaban J connectivity index is 0.926. The molecular formula is C36H30N10O5. The molecule has 5 aromatic heterocycles. The van der Waals surface area contributed by atoms with Gasteiger partial charge in [0.15, 0.2) is 5.82 Å². The molecule has 1 aromatic carbocycles. The summed E-state index contributed by atoms with van der Waals surface area (Å²) in [5.74, 6) is 5.37. The fourth-order valence-electron chi connectivity index (χ4n) is 6.43. The van der Waals surface area contributed by atoms with Crippen molar-refractivity contribution < 1.29 is 19.1 Å². The number of imide groups is 1. The zero-order chi connectivity index (χ0) is 35.2. The van der Waals surface area contributed by atoms with E-state index in [1.165, 1.54) is 6.20 Å². The van der Waals surface area contributed by atoms with Crippen molar-refractivity contribution in [1.82, 2.24) is 44.3 Å². The van der Waals surface area contributed by atoms with Crippen molar-refractivity contribution in [3.05, 3.63) is 94.6 Å². The SMILES string of the molecule is Cn1c(=O)n(C)c2cc(N3CCOc4nc(-c5ccc(C(=O)NCC#Cc6ccn7ncc(C8CCC(=O)NC8=O)c7c6)nc5)ncc43)ccc21. The van der Waals surface area contributed by atoms with Crippen LogP contribution in [-0.2, 0) is 23.7 Å². The van der Waals surface area contributed by atoms with Gasteiger partial charge in [-0.2, -0.15) is 10.1 Å². The normalized spacial score (nSPS) is 15.6. The molecule has 2 aliphatic rings. The van der Waals surface area contributed by atoms with E-state index in [0.29, 0.717) is 48.1 Å². The van der Waals surface area contributed by atoms with Gasteiger partial charge in [-0.15, -0.1) is 0 Å². The van der Waals surface area contributed by atoms with E-state index in [9.17, 15) is 19.2 Å². The zero-order valence-electron chi connectivity index (χ0n) is 27.6. The molecule has 0 saturated carbocycles. The molecule has 6 aromatic rings. The van der Waals surface area contributed by atoms with Crippen LogP contribution in [0.2, 0.25) is 0 Å². The predicted octanol–water partition coefficient (Wildman–Crippen LogP) is 2.21. The summed E-state index contributed by atoms with van der Waals surface area (Å²) < 4.78 is 10.8. The van der Waals surface area contributed by atoms with Gasteiger partial charge in [-0.25, -0.2) is 14.3 Å². The first-order chi connectivity index (χ1) is 24.7. The van der Waals surface area contributed by atoms with Crippen molar-refractivity contribution in [2.75, 3.05) is 24.6 Å². The standard InChI is InChI=1S/C36H30N10O5/c1-43-27-9-6-23(17-29(27)44(2)36(43)50)45-14-15-51-35-30(45)20-39-32(42-35)22-5-8-26(38-18-22)34(49)37-12-3-4-21-11-13-46-28(16-21)25(19-40-46)24-7-10-31(47)41-33(24)48/h5-6,8-9,11,13,16-20,24H,7,10,12,14-15H2,1-2H3,(H,37,49)(H,41,47,48). The van der Waals surface area contributed by atoms with Gasteiger partial charge >= 0.3 is 5.69 Å². The molecule has 0 radical (unpaired) electrons. The van der Waals surface area contributed by atoms with Crippen LogP contribution in [0, 0.1) is 11.8 Å². The quantitative estimate of drug-likeness (QED) is 0.203. The van der Waals surface area contributed by atoms with Gasteiger partial charge in [-0.05, 0) is 48.9 Å². The predicted molar refractivity (Wildman–Crippen MR) is 185 cm³/mol. The first-order valence-electron chi connectivity index (χ1n) is 16.2. The highest BCUT2D eigenvalue weighted by molar-refractivity contribution is 6.01. The summed E-state index contributed by atoms with van der Waals surface area (Å²) in [6.45, 7) is 1.09. The molecule has 254 valence electrons. The minimum absolute atomic E-state index is 0.0853. The highest BCUT2D eigenvalue weighted by Crippen LogP contribution is 2.37. The molecule has 1 saturated heterocycles. The van der Waals surface area contributed by atoms with Crippen molar-refractivity contribution >= 4 is 45.6 Å². The number of nitrogens with zero attached hydrogens (tertiary/aromatic N) is 8. The number of ether oxygens (including phenoxy) is 1. The van der Waals surface area contributed by atoms with Gasteiger partial charge in [-0.1, -0.05) is 11.8 Å². The summed E-state index contributed by atoms with van der Waals surface area (Å²) in [4.78, 5) is 64.8. The molecular weight excluding hydrogens is 652 g/mol. The number of rotatable bonds is 5. The lowest BCUT2D eigenvalue weighted by molar-refractivity contribution is -0.134. The summed E-state index contributed by atoms with van der Waals surface area (Å²) >= 11 is 0. The fourth-order valence-corrected chi connectivity index (χ4v) is 6.43. The molecule has 2 aliphatic heterocycles. The summed E-state index contributed by atoms with van der Waals surface area (Å²) in [5.41, 5.74) is 6.15. The van der Waals surface area contributed by atoms with Crippen LogP contribution in [0.4, 0.5) is 11.4 Å². The van der Waals surface area contributed by atoms with E-state index in [2.05, 4.69) is 47.4 Å². The number of hydrogen-bond donors (Lipinski definition) is 2. The zero-order valence-corrected chi connectivity index (χ0v) is 27.6. The second-order valence-electron chi connectivity index (χ2n) is 12.2. The maximum absolute atomic E-state index is 12.8. The number of aromatic nitrogens is 7. The van der Waals surface area contributed by atoms with Crippen LogP contribution in [0.5, 0.6) is 5.88 Å². The maximum atomic E-state index is 12.8. The third-order valence-electron chi connectivity index (χ3n) is 9.14. The van der Waals surface area contributed by atoms with Gasteiger partial charge in [0, 0.05) is 55.3 Å². The number of fused-ring (bicyclic) bond motifs is 3. The number of imidazole rings is 1. The van der Waals surface area contributed by atoms with Gasteiger partial charge in [0.2, 0.25) is 17.7 Å². The largest absolute Gasteiger partial charge is 0.474 e. The molecule has 7 heterocycles. The van der Waals surface area contributed by atoms with Crippen molar-refractivity contribution in [1.29, 1.82) is 0 Å². The Hall–Kier alpha value is -6.82. The number of aryl methyl sites for hydroxylation is 2. The topological polar surface area (TPSA) is 171 Å². The van der Waals surface area contributed by atoms with Gasteiger partial charge in [0.25, 0.3) is 5.91 Å². The molecule has 3 amide bonds. The Kier molecular flexibility index (Phi) is 7.75. The van der Waals surface area contributed by atoms with Crippen molar-refractivity contribution in [3.8, 4) is 29.1 Å². The Morgan fingerprint density at radius 2 is 1.86 bits per heavy atom. The third-order valence-corrected chi connectivity index (χ3v) is 9.14. The fraction of sp³-hybridized carbons (Fsp3) is 0.222. The first-order valence-corrected chi connectivity index (χ1v) is 16.2. The van der Waals surface area contributed by atoms with Crippen LogP contribution < -0.4 is 26.0 Å². The number of pyridine rings is 2. The first kappa shape index (κ1) is 31.4. The second kappa shape index (κ2) is 12.6. The molecule has 51 heavy (non-hydrogen) atoms. The average Bonchev–Trinajstić information content (AvgIpc) is 3.66. The maximum Gasteiger partial charge on any atom is 0.328 e. The summed E-state index contributed by atoms with van der Waals surface area (Å²) in [6.07, 6.45) is 7.33. The minimum Gasteiger partial charge on any atom is -0.474 e. The number of piperidine rings is 1. The number of benzene rings is 1. The van der Waals surface area contributed by atoms with E-state index in [4.69, 9.17) is 4.74 Å². The lowest BCUT2D eigenvalue weighted by atomic mass is 9.91. The smallest absolute Gasteiger partial charge is 0.328 e. The van der Waals surface area contributed by atoms with Crippen molar-refractivity contribution in [3.63, 3.8) is 0 Å². The van der Waals surface area contributed by atoms with Crippen LogP contribution in [-0.4, -0.2) is 71.1 Å². The van der Waals surface area contributed by atoms with E-state index < -0.39 is 5.92 Å². The molecule has 2 N–H and O–H groups in total. The second-order valence-corrected chi connectivity index (χ2v) is 12.2. The highest BCUT2D eigenvalue weighted by Gasteiger charge is 2.30. The van der Waals surface area contributed by atoms with E-state index in [0.717, 1.165) is 27.8 Å². The van der Waals surface area contributed by atoms with E-state index in [1.54, 1.807) is 64.5 Å². The molecule has 8 rings (SSSR count). The minimum atomic E-state index is -0.459. The van der Waals surface area contributed by atoms with E-state index >= 15 is 0 Å². The van der Waals surface area contributed by atoms with Gasteiger partial charge < -0.3 is 15.0 Å². The monoisotopic (exact) mass is 682 g/mol. The number of carbonyl (C=O) groups excluding carboxylic acids is 3. The Labute approximate surface area is 289 Å². The number of amides is 3. The van der Waals surface area contributed by atoms with Crippen LogP contribution in [0.1, 0.15) is 40.4 Å². The van der Waals surface area contributed by atoms with Crippen LogP contribution in [0.25, 0.3) is 27.9 Å². The lowest BCUT2D eigenvalue weighted by Gasteiger charge is -2.30. The van der Waals surface area contributed by atoms with Gasteiger partial charge in [0.1, 0.15) is 18.0 Å². The highest BCUT2D eigenvalue weighted by atomic mass is 16.5. The molecule has 1 fully saturated rings. The van der Waals surface area contributed by atoms with Crippen LogP contribution >= 0.6 is 0 Å². The van der Waals surface area contributed by atoms with E-state index in [1.807, 2.05) is 24.3 Å². The summed E-state index contributed by atoms with van der Waals surface area (Å²) in [5, 5.41) is 9.48. The molecule has 0 bridgehead atoms. The molecule has 1 atom stereocenters. The number of hydrogen-bond acceptors (Lipinski definition) is 10. The molecule has 0 spiro atoms. The van der Waals surface area contributed by atoms with Gasteiger partial charge in [0.05, 0.1) is 48.0 Å². The van der Waals surface area contributed by atoms with Crippen molar-refractivity contribution in [2.45, 2.75) is 18.8 Å². The van der Waals surface area contributed by atoms with Crippen LogP contribution in [0.15, 0.2) is 72.0 Å². The molecule has 15 nitrogen and oxygen atoms in total. The van der Waals surface area contributed by atoms with Crippen molar-refractivity contribution in [2.24, 2.45) is 14.1 Å². The lowest BCUT2D eigenvalue weighted by Crippen LogP contribution is -2.39.